The minimum Gasteiger partial charge on any atom is -0.118 e. The zero-order valence-corrected chi connectivity index (χ0v) is 13.9. The molecule has 0 radical (unpaired) electrons. The molecule has 1 unspecified atom stereocenters. The molecule has 0 amide bonds. The van der Waals surface area contributed by atoms with Crippen molar-refractivity contribution in [2.75, 3.05) is 0 Å². The van der Waals surface area contributed by atoms with Crippen molar-refractivity contribution < 1.29 is 0 Å². The molecule has 0 aliphatic rings. The zero-order valence-electron chi connectivity index (χ0n) is 13.1. The standard InChI is InChI=1S/C22H20S/c1-2-9-22(23-21-12-7-4-8-13-21)20-16-14-19(15-17-20)18-10-5-3-6-11-18/h2-8,10-17,22H,1,9H2. The van der Waals surface area contributed by atoms with Crippen molar-refractivity contribution in [1.29, 1.82) is 0 Å². The number of hydrogen-bond acceptors (Lipinski definition) is 1. The number of benzene rings is 3. The van der Waals surface area contributed by atoms with E-state index in [2.05, 4.69) is 91.5 Å². The molecule has 0 bridgehead atoms. The summed E-state index contributed by atoms with van der Waals surface area (Å²) in [5.41, 5.74) is 3.87. The van der Waals surface area contributed by atoms with E-state index >= 15 is 0 Å². The lowest BCUT2D eigenvalue weighted by atomic mass is 10.0. The smallest absolute Gasteiger partial charge is 0.0378 e. The highest BCUT2D eigenvalue weighted by molar-refractivity contribution is 7.99. The van der Waals surface area contributed by atoms with E-state index in [9.17, 15) is 0 Å². The highest BCUT2D eigenvalue weighted by Crippen LogP contribution is 2.38. The molecule has 114 valence electrons. The Labute approximate surface area is 142 Å². The lowest BCUT2D eigenvalue weighted by Gasteiger charge is -2.16. The van der Waals surface area contributed by atoms with Crippen LogP contribution in [0.5, 0.6) is 0 Å². The average Bonchev–Trinajstić information content (AvgIpc) is 2.63. The van der Waals surface area contributed by atoms with E-state index < -0.39 is 0 Å². The van der Waals surface area contributed by atoms with Gasteiger partial charge in [-0.25, -0.2) is 0 Å². The molecule has 23 heavy (non-hydrogen) atoms. The van der Waals surface area contributed by atoms with Crippen LogP contribution >= 0.6 is 11.8 Å². The molecule has 0 saturated heterocycles. The van der Waals surface area contributed by atoms with Crippen molar-refractivity contribution in [3.8, 4) is 11.1 Å². The molecule has 0 heterocycles. The van der Waals surface area contributed by atoms with Gasteiger partial charge in [-0.2, -0.15) is 0 Å². The first-order valence-corrected chi connectivity index (χ1v) is 8.73. The maximum atomic E-state index is 3.92. The molecule has 0 fully saturated rings. The summed E-state index contributed by atoms with van der Waals surface area (Å²) in [4.78, 5) is 1.30. The van der Waals surface area contributed by atoms with Gasteiger partial charge in [-0.3, -0.25) is 0 Å². The summed E-state index contributed by atoms with van der Waals surface area (Å²) in [6.07, 6.45) is 2.97. The highest BCUT2D eigenvalue weighted by atomic mass is 32.2. The molecule has 0 N–H and O–H groups in total. The molecule has 0 saturated carbocycles. The first-order valence-electron chi connectivity index (χ1n) is 7.85. The van der Waals surface area contributed by atoms with Gasteiger partial charge in [0.1, 0.15) is 0 Å². The summed E-state index contributed by atoms with van der Waals surface area (Å²) < 4.78 is 0. The molecule has 0 spiro atoms. The quantitative estimate of drug-likeness (QED) is 0.357. The minimum absolute atomic E-state index is 0.403. The zero-order chi connectivity index (χ0) is 15.9. The van der Waals surface area contributed by atoms with Crippen molar-refractivity contribution in [2.24, 2.45) is 0 Å². The van der Waals surface area contributed by atoms with Crippen molar-refractivity contribution in [3.63, 3.8) is 0 Å². The molecule has 1 atom stereocenters. The van der Waals surface area contributed by atoms with Gasteiger partial charge < -0.3 is 0 Å². The topological polar surface area (TPSA) is 0 Å². The molecule has 0 aliphatic carbocycles. The molecule has 0 nitrogen and oxygen atoms in total. The fourth-order valence-corrected chi connectivity index (χ4v) is 3.76. The third-order valence-electron chi connectivity index (χ3n) is 3.79. The number of rotatable bonds is 6. The SMILES string of the molecule is C=CCC(Sc1ccccc1)c1ccc(-c2ccccc2)cc1. The van der Waals surface area contributed by atoms with E-state index in [1.807, 2.05) is 17.8 Å². The lowest BCUT2D eigenvalue weighted by Crippen LogP contribution is -1.93. The van der Waals surface area contributed by atoms with Crippen molar-refractivity contribution in [2.45, 2.75) is 16.6 Å². The van der Waals surface area contributed by atoms with Gasteiger partial charge in [0.25, 0.3) is 0 Å². The summed E-state index contributed by atoms with van der Waals surface area (Å²) in [6.45, 7) is 3.92. The predicted molar refractivity (Wildman–Crippen MR) is 102 cm³/mol. The monoisotopic (exact) mass is 316 g/mol. The summed E-state index contributed by atoms with van der Waals surface area (Å²) >= 11 is 1.90. The van der Waals surface area contributed by atoms with Crippen LogP contribution in [-0.4, -0.2) is 0 Å². The molecular formula is C22H20S. The highest BCUT2D eigenvalue weighted by Gasteiger charge is 2.12. The Bertz CT molecular complexity index is 730. The van der Waals surface area contributed by atoms with Crippen LogP contribution in [0.2, 0.25) is 0 Å². The van der Waals surface area contributed by atoms with E-state index in [1.54, 1.807) is 0 Å². The van der Waals surface area contributed by atoms with Crippen molar-refractivity contribution in [1.82, 2.24) is 0 Å². The van der Waals surface area contributed by atoms with Gasteiger partial charge in [-0.1, -0.05) is 78.9 Å². The molecule has 0 aliphatic heterocycles. The van der Waals surface area contributed by atoms with Gasteiger partial charge in [0, 0.05) is 10.1 Å². The summed E-state index contributed by atoms with van der Waals surface area (Å²) in [6, 6.07) is 30.0. The second-order valence-corrected chi connectivity index (χ2v) is 6.71. The first kappa shape index (κ1) is 15.6. The number of allylic oxidation sites excluding steroid dienone is 1. The van der Waals surface area contributed by atoms with Crippen LogP contribution in [0.25, 0.3) is 11.1 Å². The molecule has 1 heteroatoms. The Morgan fingerprint density at radius 1 is 0.739 bits per heavy atom. The van der Waals surface area contributed by atoms with Gasteiger partial charge in [0.15, 0.2) is 0 Å². The molecule has 3 aromatic carbocycles. The first-order chi connectivity index (χ1) is 11.4. The van der Waals surface area contributed by atoms with E-state index in [4.69, 9.17) is 0 Å². The fourth-order valence-electron chi connectivity index (χ4n) is 2.59. The Morgan fingerprint density at radius 3 is 1.91 bits per heavy atom. The van der Waals surface area contributed by atoms with Gasteiger partial charge in [-0.05, 0) is 35.2 Å². The molecule has 3 aromatic rings. The van der Waals surface area contributed by atoms with E-state index in [0.717, 1.165) is 6.42 Å². The largest absolute Gasteiger partial charge is 0.118 e. The second kappa shape index (κ2) is 7.85. The van der Waals surface area contributed by atoms with Crippen molar-refractivity contribution in [3.05, 3.63) is 103 Å². The maximum Gasteiger partial charge on any atom is 0.0378 e. The predicted octanol–water partition coefficient (Wildman–Crippen LogP) is 6.76. The van der Waals surface area contributed by atoms with Gasteiger partial charge in [-0.15, -0.1) is 18.3 Å². The van der Waals surface area contributed by atoms with Crippen LogP contribution in [0, 0.1) is 0 Å². The summed E-state index contributed by atoms with van der Waals surface area (Å²) in [5, 5.41) is 0.403. The normalized spacial score (nSPS) is 11.8. The maximum absolute atomic E-state index is 3.92. The molecule has 3 rings (SSSR count). The van der Waals surface area contributed by atoms with Crippen LogP contribution in [0.4, 0.5) is 0 Å². The average molecular weight is 316 g/mol. The molecule has 0 aromatic heterocycles. The van der Waals surface area contributed by atoms with Crippen LogP contribution in [-0.2, 0) is 0 Å². The van der Waals surface area contributed by atoms with Crippen LogP contribution in [0.1, 0.15) is 17.2 Å². The van der Waals surface area contributed by atoms with Gasteiger partial charge in [0.05, 0.1) is 0 Å². The minimum atomic E-state index is 0.403. The Morgan fingerprint density at radius 2 is 1.30 bits per heavy atom. The second-order valence-electron chi connectivity index (χ2n) is 5.43. The van der Waals surface area contributed by atoms with Gasteiger partial charge >= 0.3 is 0 Å². The summed E-state index contributed by atoms with van der Waals surface area (Å²) in [7, 11) is 0. The van der Waals surface area contributed by atoms with E-state index in [1.165, 1.54) is 21.6 Å². The summed E-state index contributed by atoms with van der Waals surface area (Å²) in [5.74, 6) is 0. The fraction of sp³-hybridized carbons (Fsp3) is 0.0909. The van der Waals surface area contributed by atoms with E-state index in [-0.39, 0.29) is 0 Å². The lowest BCUT2D eigenvalue weighted by molar-refractivity contribution is 0.971. The van der Waals surface area contributed by atoms with Gasteiger partial charge in [0.2, 0.25) is 0 Å². The number of thioether (sulfide) groups is 1. The van der Waals surface area contributed by atoms with E-state index in [0.29, 0.717) is 5.25 Å². The van der Waals surface area contributed by atoms with Crippen molar-refractivity contribution >= 4 is 11.8 Å². The Hall–Kier alpha value is -2.25. The van der Waals surface area contributed by atoms with Crippen LogP contribution in [0.3, 0.4) is 0 Å². The Kier molecular flexibility index (Phi) is 5.33. The number of hydrogen-bond donors (Lipinski definition) is 0. The molecular weight excluding hydrogens is 296 g/mol. The Balaban J connectivity index is 1.81. The van der Waals surface area contributed by atoms with Crippen LogP contribution < -0.4 is 0 Å². The van der Waals surface area contributed by atoms with Crippen LogP contribution in [0.15, 0.2) is 102 Å². The third kappa shape index (κ3) is 4.14. The third-order valence-corrected chi connectivity index (χ3v) is 5.09.